The van der Waals surface area contributed by atoms with E-state index < -0.39 is 0 Å². The van der Waals surface area contributed by atoms with Gasteiger partial charge in [-0.05, 0) is 51.5 Å². The molecule has 3 heterocycles. The summed E-state index contributed by atoms with van der Waals surface area (Å²) < 4.78 is 3.29. The molecule has 2 N–H and O–H groups in total. The molecule has 0 unspecified atom stereocenters. The van der Waals surface area contributed by atoms with Crippen molar-refractivity contribution in [2.24, 2.45) is 0 Å². The van der Waals surface area contributed by atoms with Crippen molar-refractivity contribution in [1.29, 1.82) is 0 Å². The molecule has 0 saturated heterocycles. The van der Waals surface area contributed by atoms with Gasteiger partial charge in [-0.3, -0.25) is 25.0 Å². The number of carbonyl (C=O) groups is 1. The van der Waals surface area contributed by atoms with Gasteiger partial charge in [0.1, 0.15) is 0 Å². The zero-order valence-corrected chi connectivity index (χ0v) is 20.6. The van der Waals surface area contributed by atoms with Crippen LogP contribution in [-0.2, 0) is 6.54 Å². The molecule has 0 aliphatic carbocycles. The van der Waals surface area contributed by atoms with Crippen molar-refractivity contribution >= 4 is 33.8 Å². The monoisotopic (exact) mass is 481 g/mol. The van der Waals surface area contributed by atoms with E-state index in [2.05, 4.69) is 20.9 Å². The molecule has 2 aromatic carbocycles. The Morgan fingerprint density at radius 2 is 1.78 bits per heavy atom. The third-order valence-electron chi connectivity index (χ3n) is 6.19. The van der Waals surface area contributed by atoms with Gasteiger partial charge in [0.15, 0.2) is 5.65 Å². The van der Waals surface area contributed by atoms with Gasteiger partial charge in [0, 0.05) is 18.2 Å². The van der Waals surface area contributed by atoms with E-state index in [4.69, 9.17) is 4.98 Å². The number of amides is 1. The highest BCUT2D eigenvalue weighted by molar-refractivity contribution is 6.06. The summed E-state index contributed by atoms with van der Waals surface area (Å²) in [6.07, 6.45) is 1.66. The summed E-state index contributed by atoms with van der Waals surface area (Å²) in [5.41, 5.74) is 9.70. The molecule has 0 radical (unpaired) electrons. The quantitative estimate of drug-likeness (QED) is 0.347. The lowest BCUT2D eigenvalue weighted by Gasteiger charge is -2.15. The number of rotatable bonds is 6. The summed E-state index contributed by atoms with van der Waals surface area (Å²) >= 11 is 0. The maximum Gasteiger partial charge on any atom is 0.270 e. The number of carbonyl (C=O) groups excluding carboxylic acids is 1. The van der Waals surface area contributed by atoms with Gasteiger partial charge >= 0.3 is 0 Å². The molecular weight excluding hydrogens is 454 g/mol. The first kappa shape index (κ1) is 23.2. The minimum Gasteiger partial charge on any atom is -0.277 e. The molecule has 0 aliphatic heterocycles. The minimum atomic E-state index is -0.384. The van der Waals surface area contributed by atoms with Gasteiger partial charge in [0.05, 0.1) is 33.7 Å². The molecule has 9 nitrogen and oxygen atoms in total. The predicted octanol–water partition coefficient (Wildman–Crippen LogP) is 4.47. The summed E-state index contributed by atoms with van der Waals surface area (Å²) in [6, 6.07) is 16.9. The van der Waals surface area contributed by atoms with Gasteiger partial charge in [-0.15, -0.1) is 0 Å². The van der Waals surface area contributed by atoms with Gasteiger partial charge in [-0.1, -0.05) is 36.4 Å². The van der Waals surface area contributed by atoms with Gasteiger partial charge in [-0.2, -0.15) is 5.10 Å². The highest BCUT2D eigenvalue weighted by atomic mass is 16.2. The summed E-state index contributed by atoms with van der Waals surface area (Å²) in [4.78, 5) is 35.8. The normalized spacial score (nSPS) is 11.4. The smallest absolute Gasteiger partial charge is 0.270 e. The molecule has 0 atom stereocenters. The first-order valence-electron chi connectivity index (χ1n) is 11.9. The standard InChI is InChI=1S/C27H27N7O2/c1-5-33-26(36)19-12-8-9-13-22(19)30-27(33)32-31-25(35)20-14-23(18-11-7-6-10-17(18)4)29-24-21(20)15-28-34(24)16(2)3/h6-16H,5H2,1-4H3,(H,30,32)(H,31,35). The number of anilines is 1. The molecule has 36 heavy (non-hydrogen) atoms. The van der Waals surface area contributed by atoms with E-state index in [1.54, 1.807) is 35.1 Å². The maximum atomic E-state index is 13.5. The summed E-state index contributed by atoms with van der Waals surface area (Å²) in [6.45, 7) is 8.30. The molecule has 0 aliphatic rings. The number of benzene rings is 2. The number of hydrazine groups is 1. The fourth-order valence-corrected chi connectivity index (χ4v) is 4.32. The zero-order valence-electron chi connectivity index (χ0n) is 20.6. The van der Waals surface area contributed by atoms with Crippen LogP contribution in [0.3, 0.4) is 0 Å². The van der Waals surface area contributed by atoms with E-state index in [-0.39, 0.29) is 23.5 Å². The van der Waals surface area contributed by atoms with Gasteiger partial charge in [-0.25, -0.2) is 14.6 Å². The van der Waals surface area contributed by atoms with Crippen LogP contribution in [0.1, 0.15) is 42.7 Å². The molecule has 5 rings (SSSR count). The Labute approximate surface area is 207 Å². The lowest BCUT2D eigenvalue weighted by atomic mass is 10.0. The van der Waals surface area contributed by atoms with Gasteiger partial charge in [0.2, 0.25) is 5.95 Å². The minimum absolute atomic E-state index is 0.0666. The number of fused-ring (bicyclic) bond motifs is 2. The van der Waals surface area contributed by atoms with Crippen molar-refractivity contribution in [3.63, 3.8) is 0 Å². The molecule has 5 aromatic rings. The van der Waals surface area contributed by atoms with Gasteiger partial charge in [0.25, 0.3) is 11.5 Å². The zero-order chi connectivity index (χ0) is 25.4. The Hall–Kier alpha value is -4.53. The van der Waals surface area contributed by atoms with Crippen LogP contribution in [-0.4, -0.2) is 30.2 Å². The number of aromatic nitrogens is 5. The maximum absolute atomic E-state index is 13.5. The van der Waals surface area contributed by atoms with E-state index in [1.165, 1.54) is 4.57 Å². The average Bonchev–Trinajstić information content (AvgIpc) is 3.31. The van der Waals surface area contributed by atoms with Crippen LogP contribution in [0.4, 0.5) is 5.95 Å². The Morgan fingerprint density at radius 1 is 1.03 bits per heavy atom. The molecule has 0 fully saturated rings. The Morgan fingerprint density at radius 3 is 2.53 bits per heavy atom. The molecule has 1 amide bonds. The second kappa shape index (κ2) is 9.26. The number of nitrogens with one attached hydrogen (secondary N) is 2. The second-order valence-electron chi connectivity index (χ2n) is 8.87. The second-order valence-corrected chi connectivity index (χ2v) is 8.87. The predicted molar refractivity (Wildman–Crippen MR) is 141 cm³/mol. The number of pyridine rings is 1. The van der Waals surface area contributed by atoms with Crippen LogP contribution in [0.5, 0.6) is 0 Å². The summed E-state index contributed by atoms with van der Waals surface area (Å²) in [7, 11) is 0. The van der Waals surface area contributed by atoms with E-state index >= 15 is 0 Å². The first-order valence-corrected chi connectivity index (χ1v) is 11.9. The molecule has 0 spiro atoms. The third-order valence-corrected chi connectivity index (χ3v) is 6.19. The largest absolute Gasteiger partial charge is 0.277 e. The van der Waals surface area contributed by atoms with Crippen LogP contribution in [0.25, 0.3) is 33.2 Å². The van der Waals surface area contributed by atoms with Crippen LogP contribution in [0.2, 0.25) is 0 Å². The lowest BCUT2D eigenvalue weighted by molar-refractivity contribution is 0.0963. The van der Waals surface area contributed by atoms with Crippen molar-refractivity contribution in [2.45, 2.75) is 40.3 Å². The van der Waals surface area contributed by atoms with Crippen molar-refractivity contribution in [2.75, 3.05) is 5.43 Å². The molecule has 0 saturated carbocycles. The molecule has 9 heteroatoms. The van der Waals surface area contributed by atoms with Gasteiger partial charge < -0.3 is 0 Å². The average molecular weight is 482 g/mol. The van der Waals surface area contributed by atoms with Crippen molar-refractivity contribution in [3.05, 3.63) is 82.3 Å². The van der Waals surface area contributed by atoms with Crippen LogP contribution >= 0.6 is 0 Å². The van der Waals surface area contributed by atoms with E-state index in [0.717, 1.165) is 11.1 Å². The van der Waals surface area contributed by atoms with Crippen molar-refractivity contribution < 1.29 is 4.79 Å². The fraction of sp³-hybridized carbons (Fsp3) is 0.222. The lowest BCUT2D eigenvalue weighted by Crippen LogP contribution is -2.34. The highest BCUT2D eigenvalue weighted by Gasteiger charge is 2.20. The van der Waals surface area contributed by atoms with E-state index in [9.17, 15) is 9.59 Å². The SMILES string of the molecule is CCn1c(NNC(=O)c2cc(-c3ccccc3C)nc3c2cnn3C(C)C)nc2ccccc2c1=O. The number of hydrogen-bond donors (Lipinski definition) is 2. The number of hydrogen-bond acceptors (Lipinski definition) is 6. The van der Waals surface area contributed by atoms with Crippen molar-refractivity contribution in [3.8, 4) is 11.3 Å². The van der Waals surface area contributed by atoms with E-state index in [0.29, 0.717) is 39.7 Å². The fourth-order valence-electron chi connectivity index (χ4n) is 4.32. The topological polar surface area (TPSA) is 107 Å². The van der Waals surface area contributed by atoms with Crippen LogP contribution in [0.15, 0.2) is 65.6 Å². The first-order chi connectivity index (χ1) is 17.4. The molecule has 182 valence electrons. The molecular formula is C27H27N7O2. The Balaban J connectivity index is 1.56. The Bertz CT molecular complexity index is 1670. The van der Waals surface area contributed by atoms with E-state index in [1.807, 2.05) is 58.0 Å². The molecule has 0 bridgehead atoms. The summed E-state index contributed by atoms with van der Waals surface area (Å²) in [5, 5.41) is 5.65. The summed E-state index contributed by atoms with van der Waals surface area (Å²) in [5.74, 6) is -0.123. The molecule has 3 aromatic heterocycles. The Kier molecular flexibility index (Phi) is 5.97. The van der Waals surface area contributed by atoms with Crippen LogP contribution in [0, 0.1) is 6.92 Å². The number of para-hydroxylation sites is 1. The highest BCUT2D eigenvalue weighted by Crippen LogP contribution is 2.28. The van der Waals surface area contributed by atoms with Crippen LogP contribution < -0.4 is 16.4 Å². The number of aryl methyl sites for hydroxylation is 1. The van der Waals surface area contributed by atoms with Crippen molar-refractivity contribution in [1.82, 2.24) is 29.7 Å². The third kappa shape index (κ3) is 3.98. The number of nitrogens with zero attached hydrogens (tertiary/aromatic N) is 5.